The van der Waals surface area contributed by atoms with E-state index in [0.717, 1.165) is 0 Å². The normalized spacial score (nSPS) is 10.5. The smallest absolute Gasteiger partial charge is 0.357 e. The van der Waals surface area contributed by atoms with Crippen LogP contribution in [0.25, 0.3) is 11.1 Å². The molecular formula is C8H6FNO3. The van der Waals surface area contributed by atoms with Crippen molar-refractivity contribution in [1.82, 2.24) is 4.98 Å². The highest BCUT2D eigenvalue weighted by Gasteiger charge is 2.11. The summed E-state index contributed by atoms with van der Waals surface area (Å²) in [7, 11) is 0. The maximum atomic E-state index is 11.6. The number of carbonyl (C=O) groups is 1. The first-order valence-electron chi connectivity index (χ1n) is 3.60. The zero-order chi connectivity index (χ0) is 9.26. The molecule has 0 radical (unpaired) electrons. The van der Waals surface area contributed by atoms with Crippen LogP contribution in [0.4, 0.5) is 4.39 Å². The van der Waals surface area contributed by atoms with E-state index in [2.05, 4.69) is 9.72 Å². The van der Waals surface area contributed by atoms with Crippen LogP contribution in [0.2, 0.25) is 0 Å². The molecule has 0 saturated heterocycles. The zero-order valence-corrected chi connectivity index (χ0v) is 6.54. The number of nitrogens with one attached hydrogen (secondary N) is 1. The van der Waals surface area contributed by atoms with Crippen molar-refractivity contribution in [3.05, 3.63) is 24.1 Å². The molecule has 0 amide bonds. The predicted molar refractivity (Wildman–Crippen MR) is 42.0 cm³/mol. The van der Waals surface area contributed by atoms with Gasteiger partial charge in [-0.25, -0.2) is 9.18 Å². The van der Waals surface area contributed by atoms with Crippen LogP contribution < -0.4 is 0 Å². The number of alkyl halides is 1. The molecule has 2 aromatic heterocycles. The Labute approximate surface area is 72.3 Å². The molecule has 0 saturated carbocycles. The lowest BCUT2D eigenvalue weighted by Gasteiger charge is -1.94. The SMILES string of the molecule is O=C(OCF)c1cc2occc2[nH]1. The molecule has 0 aromatic carbocycles. The highest BCUT2D eigenvalue weighted by atomic mass is 19.1. The second kappa shape index (κ2) is 2.93. The van der Waals surface area contributed by atoms with E-state index in [1.165, 1.54) is 12.3 Å². The molecule has 0 spiro atoms. The molecule has 0 aliphatic rings. The number of rotatable bonds is 2. The fourth-order valence-corrected chi connectivity index (χ4v) is 1.09. The van der Waals surface area contributed by atoms with Gasteiger partial charge in [0.15, 0.2) is 5.58 Å². The molecule has 0 unspecified atom stereocenters. The van der Waals surface area contributed by atoms with Crippen LogP contribution in [-0.2, 0) is 4.74 Å². The second-order valence-corrected chi connectivity index (χ2v) is 2.42. The van der Waals surface area contributed by atoms with Crippen molar-refractivity contribution in [2.75, 3.05) is 6.86 Å². The Morgan fingerprint density at radius 1 is 1.69 bits per heavy atom. The highest BCUT2D eigenvalue weighted by molar-refractivity contribution is 5.93. The molecule has 5 heteroatoms. The van der Waals surface area contributed by atoms with Gasteiger partial charge in [-0.05, 0) is 0 Å². The average molecular weight is 183 g/mol. The van der Waals surface area contributed by atoms with Crippen LogP contribution in [0, 0.1) is 0 Å². The number of esters is 1. The van der Waals surface area contributed by atoms with Crippen molar-refractivity contribution in [3.63, 3.8) is 0 Å². The molecule has 0 atom stereocenters. The first-order valence-corrected chi connectivity index (χ1v) is 3.60. The van der Waals surface area contributed by atoms with Gasteiger partial charge in [0.05, 0.1) is 11.8 Å². The minimum absolute atomic E-state index is 0.187. The summed E-state index contributed by atoms with van der Waals surface area (Å²) in [5.41, 5.74) is 1.42. The molecule has 13 heavy (non-hydrogen) atoms. The monoisotopic (exact) mass is 183 g/mol. The van der Waals surface area contributed by atoms with Gasteiger partial charge >= 0.3 is 5.97 Å². The lowest BCUT2D eigenvalue weighted by Crippen LogP contribution is -2.03. The van der Waals surface area contributed by atoms with Crippen LogP contribution in [-0.4, -0.2) is 17.8 Å². The molecule has 0 aliphatic heterocycles. The number of H-pyrrole nitrogens is 1. The fraction of sp³-hybridized carbons (Fsp3) is 0.125. The number of halogens is 1. The van der Waals surface area contributed by atoms with Gasteiger partial charge in [-0.2, -0.15) is 0 Å². The van der Waals surface area contributed by atoms with Gasteiger partial charge in [0, 0.05) is 12.1 Å². The summed E-state index contributed by atoms with van der Waals surface area (Å²) in [6.07, 6.45) is 1.49. The quantitative estimate of drug-likeness (QED) is 0.722. The Hall–Kier alpha value is -1.78. The highest BCUT2D eigenvalue weighted by Crippen LogP contribution is 2.16. The fourth-order valence-electron chi connectivity index (χ4n) is 1.09. The van der Waals surface area contributed by atoms with Gasteiger partial charge in [-0.15, -0.1) is 0 Å². The minimum atomic E-state index is -1.13. The number of furan rings is 1. The largest absolute Gasteiger partial charge is 0.463 e. The number of aromatic nitrogens is 1. The van der Waals surface area contributed by atoms with E-state index in [4.69, 9.17) is 4.42 Å². The van der Waals surface area contributed by atoms with Crippen LogP contribution in [0.15, 0.2) is 22.8 Å². The van der Waals surface area contributed by atoms with Crippen LogP contribution in [0.1, 0.15) is 10.5 Å². The molecule has 2 heterocycles. The topological polar surface area (TPSA) is 55.2 Å². The van der Waals surface area contributed by atoms with Gasteiger partial charge in [-0.1, -0.05) is 0 Å². The van der Waals surface area contributed by atoms with Gasteiger partial charge < -0.3 is 14.1 Å². The Kier molecular flexibility index (Phi) is 1.77. The maximum absolute atomic E-state index is 11.6. The summed E-state index contributed by atoms with van der Waals surface area (Å²) >= 11 is 0. The third-order valence-electron chi connectivity index (χ3n) is 1.65. The predicted octanol–water partition coefficient (Wildman–Crippen LogP) is 1.84. The van der Waals surface area contributed by atoms with E-state index in [1.54, 1.807) is 6.07 Å². The summed E-state index contributed by atoms with van der Waals surface area (Å²) in [5, 5.41) is 0. The molecule has 4 nitrogen and oxygen atoms in total. The van der Waals surface area contributed by atoms with Crippen molar-refractivity contribution in [2.45, 2.75) is 0 Å². The Morgan fingerprint density at radius 2 is 2.54 bits per heavy atom. The number of hydrogen-bond donors (Lipinski definition) is 1. The first-order chi connectivity index (χ1) is 6.31. The van der Waals surface area contributed by atoms with Crippen molar-refractivity contribution >= 4 is 17.1 Å². The molecule has 0 bridgehead atoms. The zero-order valence-electron chi connectivity index (χ0n) is 6.54. The molecule has 0 fully saturated rings. The van der Waals surface area contributed by atoms with Crippen molar-refractivity contribution < 1.29 is 18.3 Å². The summed E-state index contributed by atoms with van der Waals surface area (Å²) in [4.78, 5) is 13.7. The molecule has 0 aliphatic carbocycles. The standard InChI is InChI=1S/C8H6FNO3/c9-4-13-8(11)6-3-7-5(10-6)1-2-12-7/h1-3,10H,4H2. The number of aromatic amines is 1. The molecule has 2 aromatic rings. The van der Waals surface area contributed by atoms with Crippen LogP contribution >= 0.6 is 0 Å². The van der Waals surface area contributed by atoms with Crippen molar-refractivity contribution in [3.8, 4) is 0 Å². The number of hydrogen-bond acceptors (Lipinski definition) is 3. The van der Waals surface area contributed by atoms with E-state index in [9.17, 15) is 9.18 Å². The van der Waals surface area contributed by atoms with E-state index < -0.39 is 12.8 Å². The van der Waals surface area contributed by atoms with E-state index >= 15 is 0 Å². The van der Waals surface area contributed by atoms with Gasteiger partial charge in [0.1, 0.15) is 5.69 Å². The van der Waals surface area contributed by atoms with Crippen LogP contribution in [0.5, 0.6) is 0 Å². The van der Waals surface area contributed by atoms with Crippen molar-refractivity contribution in [2.24, 2.45) is 0 Å². The number of fused-ring (bicyclic) bond motifs is 1. The summed E-state index contributed by atoms with van der Waals surface area (Å²) in [5.74, 6) is -0.728. The van der Waals surface area contributed by atoms with Gasteiger partial charge in [-0.3, -0.25) is 0 Å². The molecule has 68 valence electrons. The summed E-state index contributed by atoms with van der Waals surface area (Å²) < 4.78 is 20.8. The van der Waals surface area contributed by atoms with Gasteiger partial charge in [0.2, 0.25) is 6.86 Å². The molecular weight excluding hydrogens is 177 g/mol. The maximum Gasteiger partial charge on any atom is 0.357 e. The Balaban J connectivity index is 2.34. The van der Waals surface area contributed by atoms with E-state index in [1.807, 2.05) is 0 Å². The van der Waals surface area contributed by atoms with Crippen LogP contribution in [0.3, 0.4) is 0 Å². The van der Waals surface area contributed by atoms with Crippen molar-refractivity contribution in [1.29, 1.82) is 0 Å². The molecule has 1 N–H and O–H groups in total. The number of carbonyl (C=O) groups excluding carboxylic acids is 1. The van der Waals surface area contributed by atoms with Gasteiger partial charge in [0.25, 0.3) is 0 Å². The van der Waals surface area contributed by atoms with E-state index in [-0.39, 0.29) is 5.69 Å². The third-order valence-corrected chi connectivity index (χ3v) is 1.65. The lowest BCUT2D eigenvalue weighted by atomic mass is 10.4. The first kappa shape index (κ1) is 7.85. The summed E-state index contributed by atoms with van der Waals surface area (Å²) in [6.45, 7) is -1.13. The second-order valence-electron chi connectivity index (χ2n) is 2.42. The number of ether oxygens (including phenoxy) is 1. The third kappa shape index (κ3) is 1.28. The Morgan fingerprint density at radius 3 is 3.23 bits per heavy atom. The lowest BCUT2D eigenvalue weighted by molar-refractivity contribution is 0.0318. The van der Waals surface area contributed by atoms with E-state index in [0.29, 0.717) is 11.1 Å². The average Bonchev–Trinajstić information content (AvgIpc) is 2.61. The summed E-state index contributed by atoms with van der Waals surface area (Å²) in [6, 6.07) is 3.13. The Bertz CT molecular complexity index is 403. The molecule has 2 rings (SSSR count). The minimum Gasteiger partial charge on any atom is -0.463 e.